The van der Waals surface area contributed by atoms with Crippen molar-refractivity contribution >= 4 is 22.8 Å². The molecule has 1 aromatic heterocycles. The number of alkyl halides is 6. The zero-order valence-electron chi connectivity index (χ0n) is 18.6. The Morgan fingerprint density at radius 2 is 1.74 bits per heavy atom. The highest BCUT2D eigenvalue weighted by molar-refractivity contribution is 7.13. The minimum Gasteiger partial charge on any atom is -0.494 e. The fourth-order valence-corrected chi connectivity index (χ4v) is 4.77. The first-order chi connectivity index (χ1) is 16.4. The second kappa shape index (κ2) is 10.3. The van der Waals surface area contributed by atoms with Crippen molar-refractivity contribution in [3.05, 3.63) is 57.3 Å². The van der Waals surface area contributed by atoms with E-state index in [-0.39, 0.29) is 35.5 Å². The van der Waals surface area contributed by atoms with E-state index in [0.29, 0.717) is 17.7 Å². The Morgan fingerprint density at radius 1 is 1.06 bits per heavy atom. The molecule has 35 heavy (non-hydrogen) atoms. The number of aryl methyl sites for hydroxylation is 1. The van der Waals surface area contributed by atoms with E-state index in [9.17, 15) is 36.4 Å². The molecule has 1 atom stereocenters. The number of amides is 1. The normalized spacial score (nSPS) is 18.9. The Balaban J connectivity index is 1.80. The second-order valence-corrected chi connectivity index (χ2v) is 9.50. The quantitative estimate of drug-likeness (QED) is 0.310. The number of nitrogens with one attached hydrogen (secondary N) is 1. The Morgan fingerprint density at radius 3 is 2.29 bits per heavy atom. The summed E-state index contributed by atoms with van der Waals surface area (Å²) >= 11 is 1.20. The monoisotopic (exact) mass is 516 g/mol. The van der Waals surface area contributed by atoms with Crippen LogP contribution in [0.25, 0.3) is 5.57 Å². The van der Waals surface area contributed by atoms with Crippen LogP contribution in [0.5, 0.6) is 5.75 Å². The van der Waals surface area contributed by atoms with Crippen LogP contribution in [-0.2, 0) is 10.3 Å². The summed E-state index contributed by atoms with van der Waals surface area (Å²) in [5.74, 6) is -0.845. The molecule has 1 N–H and O–H groups in total. The van der Waals surface area contributed by atoms with Crippen molar-refractivity contribution < 1.29 is 35.9 Å². The average molecular weight is 517 g/mol. The third-order valence-corrected chi connectivity index (χ3v) is 6.71. The van der Waals surface area contributed by atoms with E-state index in [1.807, 2.05) is 5.32 Å². The molecule has 0 radical (unpaired) electrons. The molecule has 1 aliphatic rings. The maximum absolute atomic E-state index is 14.5. The van der Waals surface area contributed by atoms with Crippen LogP contribution in [0.4, 0.5) is 26.3 Å². The molecule has 11 heteroatoms. The summed E-state index contributed by atoms with van der Waals surface area (Å²) < 4.78 is 85.3. The van der Waals surface area contributed by atoms with E-state index in [4.69, 9.17) is 4.74 Å². The van der Waals surface area contributed by atoms with Crippen LogP contribution < -0.4 is 10.1 Å². The molecule has 4 nitrogen and oxygen atoms in total. The molecule has 1 aliphatic heterocycles. The van der Waals surface area contributed by atoms with Gasteiger partial charge in [-0.3, -0.25) is 4.79 Å². The van der Waals surface area contributed by atoms with Gasteiger partial charge in [-0.1, -0.05) is 12.1 Å². The van der Waals surface area contributed by atoms with Crippen LogP contribution in [0.3, 0.4) is 0 Å². The van der Waals surface area contributed by atoms with Crippen molar-refractivity contribution in [2.24, 2.45) is 0 Å². The van der Waals surface area contributed by atoms with Crippen LogP contribution >= 0.6 is 11.3 Å². The number of nitriles is 1. The van der Waals surface area contributed by atoms with Crippen molar-refractivity contribution in [1.29, 1.82) is 5.26 Å². The predicted octanol–water partition coefficient (Wildman–Crippen LogP) is 6.81. The second-order valence-electron chi connectivity index (χ2n) is 8.21. The number of ether oxygens (including phenoxy) is 1. The highest BCUT2D eigenvalue weighted by Crippen LogP contribution is 2.49. The number of halogens is 6. The first kappa shape index (κ1) is 26.6. The van der Waals surface area contributed by atoms with Crippen LogP contribution in [-0.4, -0.2) is 24.9 Å². The standard InChI is InChI=1S/C24H22F6N2O2S/c1-15-5-10-20(35-15)18-13-22(24(28,29)30,32-21(33)19(18)14-31)16-6-8-17(9-7-16)34-12-4-2-3-11-23(25,26)27/h5-10H,2-4,11-13H2,1H3,(H,32,33)/t22-/m0/s1. The Hall–Kier alpha value is -3.00. The van der Waals surface area contributed by atoms with Gasteiger partial charge in [-0.2, -0.15) is 31.6 Å². The molecule has 2 aromatic rings. The zero-order valence-corrected chi connectivity index (χ0v) is 19.5. The average Bonchev–Trinajstić information content (AvgIpc) is 3.20. The SMILES string of the molecule is Cc1ccc(C2=C(C#N)C(=O)N[C@@](c3ccc(OCCCCCC(F)(F)F)cc3)(C(F)(F)F)C2)s1. The van der Waals surface area contributed by atoms with E-state index in [2.05, 4.69) is 0 Å². The van der Waals surface area contributed by atoms with E-state index >= 15 is 0 Å². The number of carbonyl (C=O) groups is 1. The van der Waals surface area contributed by atoms with Gasteiger partial charge in [0, 0.05) is 22.6 Å². The van der Waals surface area contributed by atoms with Crippen molar-refractivity contribution in [1.82, 2.24) is 5.32 Å². The summed E-state index contributed by atoms with van der Waals surface area (Å²) in [4.78, 5) is 13.9. The molecular weight excluding hydrogens is 494 g/mol. The predicted molar refractivity (Wildman–Crippen MR) is 119 cm³/mol. The van der Waals surface area contributed by atoms with Gasteiger partial charge in [-0.15, -0.1) is 11.3 Å². The summed E-state index contributed by atoms with van der Waals surface area (Å²) in [5, 5.41) is 11.5. The topological polar surface area (TPSA) is 62.1 Å². The number of benzene rings is 1. The summed E-state index contributed by atoms with van der Waals surface area (Å²) in [7, 11) is 0. The summed E-state index contributed by atoms with van der Waals surface area (Å²) in [6.07, 6.45) is -9.95. The van der Waals surface area contributed by atoms with Gasteiger partial charge in [0.15, 0.2) is 5.54 Å². The Bertz CT molecular complexity index is 1130. The minimum atomic E-state index is -4.87. The van der Waals surface area contributed by atoms with E-state index in [1.165, 1.54) is 35.6 Å². The molecule has 0 bridgehead atoms. The lowest BCUT2D eigenvalue weighted by Gasteiger charge is -2.40. The van der Waals surface area contributed by atoms with Gasteiger partial charge in [0.1, 0.15) is 17.4 Å². The van der Waals surface area contributed by atoms with Gasteiger partial charge in [0.25, 0.3) is 5.91 Å². The fourth-order valence-electron chi connectivity index (χ4n) is 3.86. The smallest absolute Gasteiger partial charge is 0.416 e. The molecule has 0 saturated carbocycles. The lowest BCUT2D eigenvalue weighted by Crippen LogP contribution is -2.58. The molecule has 188 valence electrons. The van der Waals surface area contributed by atoms with Gasteiger partial charge in [-0.05, 0) is 61.6 Å². The van der Waals surface area contributed by atoms with Gasteiger partial charge in [0.2, 0.25) is 0 Å². The Kier molecular flexibility index (Phi) is 7.84. The van der Waals surface area contributed by atoms with Gasteiger partial charge < -0.3 is 10.1 Å². The molecule has 1 aromatic carbocycles. The summed E-state index contributed by atoms with van der Waals surface area (Å²) in [5.41, 5.74) is -3.28. The lowest BCUT2D eigenvalue weighted by atomic mass is 9.78. The van der Waals surface area contributed by atoms with Gasteiger partial charge >= 0.3 is 12.4 Å². The van der Waals surface area contributed by atoms with Crippen LogP contribution in [0.2, 0.25) is 0 Å². The number of thiophene rings is 1. The first-order valence-electron chi connectivity index (χ1n) is 10.8. The van der Waals surface area contributed by atoms with E-state index < -0.39 is 36.6 Å². The van der Waals surface area contributed by atoms with Crippen LogP contribution in [0.1, 0.15) is 47.4 Å². The highest BCUT2D eigenvalue weighted by atomic mass is 32.1. The molecule has 2 heterocycles. The first-order valence-corrected chi connectivity index (χ1v) is 11.6. The summed E-state index contributed by atoms with van der Waals surface area (Å²) in [6, 6.07) is 10.1. The number of hydrogen-bond donors (Lipinski definition) is 1. The van der Waals surface area contributed by atoms with Crippen molar-refractivity contribution in [2.75, 3.05) is 6.61 Å². The molecule has 1 amide bonds. The number of carbonyl (C=O) groups excluding carboxylic acids is 1. The highest BCUT2D eigenvalue weighted by Gasteiger charge is 2.59. The van der Waals surface area contributed by atoms with E-state index in [1.54, 1.807) is 25.1 Å². The molecule has 0 aliphatic carbocycles. The third kappa shape index (κ3) is 6.17. The van der Waals surface area contributed by atoms with Crippen LogP contribution in [0, 0.1) is 18.3 Å². The van der Waals surface area contributed by atoms with Gasteiger partial charge in [0.05, 0.1) is 6.61 Å². The molecule has 0 fully saturated rings. The molecule has 0 spiro atoms. The van der Waals surface area contributed by atoms with Crippen molar-refractivity contribution in [3.8, 4) is 11.8 Å². The third-order valence-electron chi connectivity index (χ3n) is 5.65. The molecular formula is C24H22F6N2O2S. The van der Waals surface area contributed by atoms with E-state index in [0.717, 1.165) is 4.88 Å². The van der Waals surface area contributed by atoms with Crippen molar-refractivity contribution in [3.63, 3.8) is 0 Å². The molecule has 0 unspecified atom stereocenters. The largest absolute Gasteiger partial charge is 0.494 e. The maximum atomic E-state index is 14.5. The van der Waals surface area contributed by atoms with Crippen molar-refractivity contribution in [2.45, 2.75) is 56.9 Å². The molecule has 3 rings (SSSR count). The number of hydrogen-bond acceptors (Lipinski definition) is 4. The molecule has 0 saturated heterocycles. The Labute approximate surface area is 202 Å². The summed E-state index contributed by atoms with van der Waals surface area (Å²) in [6.45, 7) is 1.89. The lowest BCUT2D eigenvalue weighted by molar-refractivity contribution is -0.201. The van der Waals surface area contributed by atoms with Gasteiger partial charge in [-0.25, -0.2) is 0 Å². The number of rotatable bonds is 8. The number of unbranched alkanes of at least 4 members (excludes halogenated alkanes) is 2. The van der Waals surface area contributed by atoms with Crippen LogP contribution in [0.15, 0.2) is 42.0 Å². The minimum absolute atomic E-state index is 0.0239. The fraction of sp³-hybridized carbons (Fsp3) is 0.417. The maximum Gasteiger partial charge on any atom is 0.416 e. The zero-order chi connectivity index (χ0) is 25.9. The number of nitrogens with zero attached hydrogens (tertiary/aromatic N) is 1.